The highest BCUT2D eigenvalue weighted by Gasteiger charge is 2.17. The molecule has 49 heavy (non-hydrogen) atoms. The zero-order valence-corrected chi connectivity index (χ0v) is 26.1. The fourth-order valence-electron chi connectivity index (χ4n) is 6.23. The normalized spacial score (nSPS) is 12.7. The van der Waals surface area contributed by atoms with E-state index in [4.69, 9.17) is 26.2 Å². The first-order valence-corrected chi connectivity index (χ1v) is 15.9. The molecule has 9 rings (SSSR count). The van der Waals surface area contributed by atoms with E-state index in [0.29, 0.717) is 34.2 Å². The Hall–Kier alpha value is -6.65. The Kier molecular flexibility index (Phi) is 5.87. The number of rotatable bonds is 6. The number of nitrogens with zero attached hydrogens (tertiary/aromatic N) is 3. The maximum absolute atomic E-state index is 8.52. The van der Waals surface area contributed by atoms with E-state index in [1.165, 1.54) is 0 Å². The fourth-order valence-corrected chi connectivity index (χ4v) is 6.23. The minimum atomic E-state index is -0.416. The lowest BCUT2D eigenvalue weighted by molar-refractivity contribution is 0.669. The monoisotopic (exact) mass is 632 g/mol. The molecule has 4 heteroatoms. The molecule has 0 aliphatic carbocycles. The number of fused-ring (bicyclic) bond motifs is 3. The third-order valence-corrected chi connectivity index (χ3v) is 8.64. The van der Waals surface area contributed by atoms with Gasteiger partial charge in [0.15, 0.2) is 17.5 Å². The van der Waals surface area contributed by atoms with E-state index in [9.17, 15) is 0 Å². The van der Waals surface area contributed by atoms with Gasteiger partial charge in [0, 0.05) is 27.5 Å². The first-order valence-electron chi connectivity index (χ1n) is 18.4. The van der Waals surface area contributed by atoms with E-state index < -0.39 is 6.04 Å². The first kappa shape index (κ1) is 23.6. The van der Waals surface area contributed by atoms with Gasteiger partial charge in [-0.15, -0.1) is 0 Å². The summed E-state index contributed by atoms with van der Waals surface area (Å²) in [5.41, 5.74) is 8.52. The van der Waals surface area contributed by atoms with Gasteiger partial charge in [-0.2, -0.15) is 0 Å². The van der Waals surface area contributed by atoms with Crippen LogP contribution in [0.2, 0.25) is 0 Å². The molecule has 0 N–H and O–H groups in total. The van der Waals surface area contributed by atoms with Crippen molar-refractivity contribution in [3.63, 3.8) is 0 Å². The van der Waals surface area contributed by atoms with Gasteiger partial charge in [-0.05, 0) is 57.6 Å². The van der Waals surface area contributed by atoms with Crippen LogP contribution in [0.5, 0.6) is 0 Å². The van der Waals surface area contributed by atoms with Gasteiger partial charge in [-0.1, -0.05) is 152 Å². The summed E-state index contributed by atoms with van der Waals surface area (Å²) in [5, 5.41) is 1.80. The molecule has 0 saturated heterocycles. The summed E-state index contributed by atoms with van der Waals surface area (Å²) >= 11 is 0. The van der Waals surface area contributed by atoms with Crippen LogP contribution in [0.4, 0.5) is 0 Å². The van der Waals surface area contributed by atoms with Gasteiger partial charge in [-0.25, -0.2) is 15.0 Å². The van der Waals surface area contributed by atoms with Gasteiger partial charge in [0.1, 0.15) is 11.2 Å². The van der Waals surface area contributed by atoms with Gasteiger partial charge in [0.05, 0.1) is 6.85 Å². The van der Waals surface area contributed by atoms with Gasteiger partial charge in [0.2, 0.25) is 0 Å². The molecule has 0 aliphatic rings. The van der Waals surface area contributed by atoms with Crippen LogP contribution < -0.4 is 0 Å². The van der Waals surface area contributed by atoms with Crippen LogP contribution in [0.3, 0.4) is 0 Å². The van der Waals surface area contributed by atoms with Crippen LogP contribution in [0.25, 0.3) is 89.5 Å². The number of benzene rings is 7. The second-order valence-corrected chi connectivity index (χ2v) is 11.7. The summed E-state index contributed by atoms with van der Waals surface area (Å²) in [5.74, 6) is 1.64. The predicted octanol–water partition coefficient (Wildman–Crippen LogP) is 11.8. The number of furan rings is 1. The summed E-state index contributed by atoms with van der Waals surface area (Å²) in [6.45, 7) is 0. The predicted molar refractivity (Wildman–Crippen MR) is 200 cm³/mol. The van der Waals surface area contributed by atoms with Crippen LogP contribution >= 0.6 is 0 Å². The van der Waals surface area contributed by atoms with Crippen molar-refractivity contribution in [1.29, 1.82) is 0 Å². The van der Waals surface area contributed by atoms with Crippen molar-refractivity contribution in [2.24, 2.45) is 0 Å². The average molecular weight is 633 g/mol. The summed E-state index contributed by atoms with van der Waals surface area (Å²) in [7, 11) is 0. The maximum atomic E-state index is 8.52. The van der Waals surface area contributed by atoms with Gasteiger partial charge in [-0.3, -0.25) is 0 Å². The van der Waals surface area contributed by atoms with Crippen LogP contribution in [-0.2, 0) is 0 Å². The van der Waals surface area contributed by atoms with Gasteiger partial charge < -0.3 is 4.42 Å². The maximum Gasteiger partial charge on any atom is 0.164 e. The molecule has 0 atom stereocenters. The quantitative estimate of drug-likeness (QED) is 0.183. The molecule has 4 nitrogen and oxygen atoms in total. The molecule has 0 fully saturated rings. The highest BCUT2D eigenvalue weighted by molar-refractivity contribution is 6.13. The molecule has 230 valence electrons. The van der Waals surface area contributed by atoms with Crippen LogP contribution in [0.1, 0.15) is 6.85 Å². The van der Waals surface area contributed by atoms with Gasteiger partial charge in [0.25, 0.3) is 0 Å². The molecule has 2 heterocycles. The Morgan fingerprint density at radius 2 is 0.939 bits per heavy atom. The Labute approximate surface area is 291 Å². The van der Waals surface area contributed by atoms with Crippen molar-refractivity contribution in [3.8, 4) is 67.5 Å². The SMILES string of the molecule is [2H]c1c([2H])c([2H])c(-c2cccc(-c3cccc4oc5cc(-c6nc(-c7ccccc7)nc(-c7ccc(-c8ccccc8)cc7)n6)ccc5c34)c2)c([2H])c1[2H]. The lowest BCUT2D eigenvalue weighted by Gasteiger charge is -2.09. The number of aromatic nitrogens is 3. The zero-order valence-electron chi connectivity index (χ0n) is 31.1. The third kappa shape index (κ3) is 5.45. The number of hydrogen-bond acceptors (Lipinski definition) is 4. The molecule has 0 radical (unpaired) electrons. The summed E-state index contributed by atoms with van der Waals surface area (Å²) in [6, 6.07) is 45.9. The van der Waals surface area contributed by atoms with Crippen LogP contribution in [0, 0.1) is 0 Å². The minimum Gasteiger partial charge on any atom is -0.456 e. The van der Waals surface area contributed by atoms with E-state index >= 15 is 0 Å². The zero-order chi connectivity index (χ0) is 36.9. The highest BCUT2D eigenvalue weighted by Crippen LogP contribution is 2.39. The molecule has 0 unspecified atom stereocenters. The highest BCUT2D eigenvalue weighted by atomic mass is 16.3. The molecule has 2 aromatic heterocycles. The van der Waals surface area contributed by atoms with E-state index in [-0.39, 0.29) is 29.7 Å². The van der Waals surface area contributed by atoms with E-state index in [0.717, 1.165) is 49.7 Å². The van der Waals surface area contributed by atoms with Crippen molar-refractivity contribution in [3.05, 3.63) is 176 Å². The molecule has 0 bridgehead atoms. The van der Waals surface area contributed by atoms with Crippen LogP contribution in [0.15, 0.2) is 180 Å². The fraction of sp³-hybridized carbons (Fsp3) is 0. The van der Waals surface area contributed by atoms with Crippen molar-refractivity contribution in [2.75, 3.05) is 0 Å². The number of hydrogen-bond donors (Lipinski definition) is 0. The lowest BCUT2D eigenvalue weighted by Crippen LogP contribution is -2.00. The van der Waals surface area contributed by atoms with Crippen molar-refractivity contribution < 1.29 is 11.3 Å². The van der Waals surface area contributed by atoms with E-state index in [1.54, 1.807) is 6.07 Å². The molecule has 9 aromatic rings. The third-order valence-electron chi connectivity index (χ3n) is 8.64. The van der Waals surface area contributed by atoms with E-state index in [2.05, 4.69) is 24.3 Å². The molecule has 0 spiro atoms. The second kappa shape index (κ2) is 12.2. The standard InChI is InChI=1S/C45H29N3O/c1-4-12-30(13-5-1)32-22-24-34(25-23-32)44-46-43(33-16-8-3-9-17-33)47-45(48-44)37-26-27-39-41(29-37)49-40-21-11-20-38(42(39)40)36-19-10-18-35(28-36)31-14-6-2-7-15-31/h1-29H/i2D,6D,7D,14D,15D. The van der Waals surface area contributed by atoms with Gasteiger partial charge >= 0.3 is 0 Å². The Bertz CT molecular complexity index is 2850. The topological polar surface area (TPSA) is 51.8 Å². The molecule has 0 amide bonds. The minimum absolute atomic E-state index is 0.162. The van der Waals surface area contributed by atoms with Crippen LogP contribution in [-0.4, -0.2) is 15.0 Å². The molecule has 0 aliphatic heterocycles. The van der Waals surface area contributed by atoms with Crippen molar-refractivity contribution in [1.82, 2.24) is 15.0 Å². The molecular weight excluding hydrogens is 599 g/mol. The summed E-state index contributed by atoms with van der Waals surface area (Å²) < 4.78 is 47.9. The lowest BCUT2D eigenvalue weighted by atomic mass is 9.96. The van der Waals surface area contributed by atoms with E-state index in [1.807, 2.05) is 115 Å². The molecular formula is C45H29N3O. The Morgan fingerprint density at radius 1 is 0.388 bits per heavy atom. The summed E-state index contributed by atoms with van der Waals surface area (Å²) in [6.07, 6.45) is 0. The largest absolute Gasteiger partial charge is 0.456 e. The molecule has 0 saturated carbocycles. The van der Waals surface area contributed by atoms with Crippen molar-refractivity contribution >= 4 is 21.9 Å². The Morgan fingerprint density at radius 3 is 1.67 bits per heavy atom. The second-order valence-electron chi connectivity index (χ2n) is 11.7. The van der Waals surface area contributed by atoms with Crippen molar-refractivity contribution in [2.45, 2.75) is 0 Å². The summed E-state index contributed by atoms with van der Waals surface area (Å²) in [4.78, 5) is 14.8. The average Bonchev–Trinajstić information content (AvgIpc) is 3.61. The smallest absolute Gasteiger partial charge is 0.164 e. The molecule has 7 aromatic carbocycles. The first-order chi connectivity index (χ1) is 26.3. The Balaban J connectivity index is 1.14.